The molecule has 0 bridgehead atoms. The second kappa shape index (κ2) is 10.0. The van der Waals surface area contributed by atoms with Gasteiger partial charge in [0.05, 0.1) is 31.9 Å². The summed E-state index contributed by atoms with van der Waals surface area (Å²) in [7, 11) is 0. The number of anilines is 1. The van der Waals surface area contributed by atoms with Crippen molar-refractivity contribution in [2.75, 3.05) is 43.4 Å². The first-order valence-corrected chi connectivity index (χ1v) is 12.9. The Morgan fingerprint density at radius 3 is 2.42 bits per heavy atom. The number of thioether (sulfide) groups is 1. The summed E-state index contributed by atoms with van der Waals surface area (Å²) in [4.78, 5) is 20.6. The van der Waals surface area contributed by atoms with Crippen LogP contribution in [0, 0.1) is 6.92 Å². The zero-order valence-electron chi connectivity index (χ0n) is 19.3. The Morgan fingerprint density at radius 1 is 0.909 bits per heavy atom. The number of carbonyl (C=O) groups is 1. The zero-order valence-corrected chi connectivity index (χ0v) is 20.1. The van der Waals surface area contributed by atoms with Gasteiger partial charge in [-0.05, 0) is 30.7 Å². The molecular formula is C28H32N3OS+. The van der Waals surface area contributed by atoms with Gasteiger partial charge >= 0.3 is 0 Å². The van der Waals surface area contributed by atoms with Crippen molar-refractivity contribution in [1.29, 1.82) is 0 Å². The maximum atomic E-state index is 13.3. The lowest BCUT2D eigenvalue weighted by Crippen LogP contribution is -3.13. The van der Waals surface area contributed by atoms with Crippen LogP contribution in [0.4, 0.5) is 5.69 Å². The molecule has 3 aromatic carbocycles. The number of nitrogens with zero attached hydrogens (tertiary/aromatic N) is 2. The lowest BCUT2D eigenvalue weighted by molar-refractivity contribution is -0.917. The topological polar surface area (TPSA) is 28.0 Å². The second-order valence-electron chi connectivity index (χ2n) is 9.14. The average molecular weight is 459 g/mol. The molecule has 1 saturated heterocycles. The minimum absolute atomic E-state index is 0.169. The summed E-state index contributed by atoms with van der Waals surface area (Å²) in [5, 5.41) is 0. The number of quaternary nitrogens is 1. The molecule has 2 aliphatic heterocycles. The molecule has 1 fully saturated rings. The molecule has 4 nitrogen and oxygen atoms in total. The summed E-state index contributed by atoms with van der Waals surface area (Å²) in [6.07, 6.45) is 0. The molecule has 0 spiro atoms. The lowest BCUT2D eigenvalue weighted by Gasteiger charge is -2.34. The molecule has 33 heavy (non-hydrogen) atoms. The Bertz CT molecular complexity index is 1090. The molecule has 3 aromatic rings. The van der Waals surface area contributed by atoms with Crippen LogP contribution in [-0.4, -0.2) is 49.3 Å². The van der Waals surface area contributed by atoms with E-state index in [-0.39, 0.29) is 5.91 Å². The molecule has 2 heterocycles. The summed E-state index contributed by atoms with van der Waals surface area (Å²) < 4.78 is 0. The van der Waals surface area contributed by atoms with Crippen molar-refractivity contribution in [3.05, 3.63) is 95.1 Å². The first-order valence-electron chi connectivity index (χ1n) is 11.9. The van der Waals surface area contributed by atoms with E-state index in [1.165, 1.54) is 27.3 Å². The number of piperazine rings is 1. The number of benzene rings is 3. The van der Waals surface area contributed by atoms with Gasteiger partial charge in [-0.1, -0.05) is 60.2 Å². The van der Waals surface area contributed by atoms with Crippen molar-refractivity contribution in [2.45, 2.75) is 24.9 Å². The molecule has 1 N–H and O–H groups in total. The Hall–Kier alpha value is -2.76. The van der Waals surface area contributed by atoms with Crippen molar-refractivity contribution >= 4 is 23.4 Å². The molecule has 0 unspecified atom stereocenters. The van der Waals surface area contributed by atoms with Crippen LogP contribution in [0.25, 0.3) is 0 Å². The molecule has 170 valence electrons. The van der Waals surface area contributed by atoms with E-state index in [1.54, 1.807) is 4.90 Å². The van der Waals surface area contributed by atoms with Crippen LogP contribution < -0.4 is 9.80 Å². The van der Waals surface area contributed by atoms with E-state index in [9.17, 15) is 4.79 Å². The van der Waals surface area contributed by atoms with Gasteiger partial charge in [-0.25, -0.2) is 0 Å². The third-order valence-electron chi connectivity index (χ3n) is 6.71. The van der Waals surface area contributed by atoms with Crippen molar-refractivity contribution < 1.29 is 9.69 Å². The van der Waals surface area contributed by atoms with Crippen LogP contribution in [0.5, 0.6) is 0 Å². The number of amides is 1. The van der Waals surface area contributed by atoms with Crippen LogP contribution in [0.2, 0.25) is 0 Å². The van der Waals surface area contributed by atoms with Crippen LogP contribution in [0.3, 0.4) is 0 Å². The number of hydrogen-bond donors (Lipinski definition) is 1. The highest BCUT2D eigenvalue weighted by Gasteiger charge is 2.26. The van der Waals surface area contributed by atoms with Gasteiger partial charge in [-0.15, -0.1) is 11.8 Å². The fourth-order valence-corrected chi connectivity index (χ4v) is 5.79. The van der Waals surface area contributed by atoms with Crippen LogP contribution in [0.1, 0.15) is 27.0 Å². The monoisotopic (exact) mass is 458 g/mol. The molecule has 5 rings (SSSR count). The van der Waals surface area contributed by atoms with Gasteiger partial charge in [0, 0.05) is 34.9 Å². The van der Waals surface area contributed by atoms with E-state index in [1.807, 2.05) is 22.7 Å². The van der Waals surface area contributed by atoms with E-state index < -0.39 is 0 Å². The Kier molecular flexibility index (Phi) is 6.70. The number of hydrogen-bond acceptors (Lipinski definition) is 3. The van der Waals surface area contributed by atoms with Gasteiger partial charge in [0.15, 0.2) is 0 Å². The molecule has 0 saturated carbocycles. The highest BCUT2D eigenvalue weighted by molar-refractivity contribution is 7.99. The van der Waals surface area contributed by atoms with E-state index >= 15 is 0 Å². The summed E-state index contributed by atoms with van der Waals surface area (Å²) in [6.45, 7) is 8.68. The van der Waals surface area contributed by atoms with Crippen molar-refractivity contribution in [3.63, 3.8) is 0 Å². The predicted octanol–water partition coefficient (Wildman–Crippen LogP) is 3.65. The first-order chi connectivity index (χ1) is 16.2. The van der Waals surface area contributed by atoms with Crippen molar-refractivity contribution in [2.24, 2.45) is 0 Å². The average Bonchev–Trinajstić information content (AvgIpc) is 2.86. The van der Waals surface area contributed by atoms with Gasteiger partial charge in [-0.3, -0.25) is 4.79 Å². The third kappa shape index (κ3) is 5.26. The van der Waals surface area contributed by atoms with E-state index in [0.717, 1.165) is 57.1 Å². The number of fused-ring (bicyclic) bond motifs is 1. The standard InChI is InChI=1S/C28H31N3OS/c1-22-7-9-24(10-8-22)21-31-17-18-33-27-12-11-25(19-26(27)31)28(32)30-15-13-29(14-16-30)20-23-5-3-2-4-6-23/h2-12,19H,13-18,20-21H2,1H3/p+1. The van der Waals surface area contributed by atoms with Crippen molar-refractivity contribution in [3.8, 4) is 0 Å². The molecule has 0 aliphatic carbocycles. The highest BCUT2D eigenvalue weighted by Crippen LogP contribution is 2.36. The summed E-state index contributed by atoms with van der Waals surface area (Å²) in [6, 6.07) is 25.7. The third-order valence-corrected chi connectivity index (χ3v) is 7.76. The van der Waals surface area contributed by atoms with E-state index in [4.69, 9.17) is 0 Å². The predicted molar refractivity (Wildman–Crippen MR) is 136 cm³/mol. The summed E-state index contributed by atoms with van der Waals surface area (Å²) in [5.74, 6) is 1.25. The lowest BCUT2D eigenvalue weighted by atomic mass is 10.1. The molecule has 0 aromatic heterocycles. The van der Waals surface area contributed by atoms with Gasteiger partial charge in [0.2, 0.25) is 0 Å². The smallest absolute Gasteiger partial charge is 0.254 e. The molecule has 0 atom stereocenters. The van der Waals surface area contributed by atoms with Gasteiger partial charge in [0.25, 0.3) is 5.91 Å². The minimum atomic E-state index is 0.169. The van der Waals surface area contributed by atoms with Crippen LogP contribution in [0.15, 0.2) is 77.7 Å². The fraction of sp³-hybridized carbons (Fsp3) is 0.321. The van der Waals surface area contributed by atoms with E-state index in [2.05, 4.69) is 78.6 Å². The Morgan fingerprint density at radius 2 is 1.67 bits per heavy atom. The van der Waals surface area contributed by atoms with Crippen molar-refractivity contribution in [1.82, 2.24) is 4.90 Å². The Labute approximate surface area is 201 Å². The first kappa shape index (κ1) is 22.1. The Balaban J connectivity index is 1.25. The normalized spacial score (nSPS) is 16.5. The molecular weight excluding hydrogens is 426 g/mol. The number of nitrogens with one attached hydrogen (secondary N) is 1. The van der Waals surface area contributed by atoms with Crippen LogP contribution >= 0.6 is 11.8 Å². The minimum Gasteiger partial charge on any atom is -0.365 e. The zero-order chi connectivity index (χ0) is 22.6. The van der Waals surface area contributed by atoms with E-state index in [0.29, 0.717) is 0 Å². The van der Waals surface area contributed by atoms with Gasteiger partial charge in [0.1, 0.15) is 6.54 Å². The molecule has 1 amide bonds. The quantitative estimate of drug-likeness (QED) is 0.633. The number of aryl methyl sites for hydroxylation is 1. The number of carbonyl (C=O) groups excluding carboxylic acids is 1. The maximum absolute atomic E-state index is 13.3. The largest absolute Gasteiger partial charge is 0.365 e. The maximum Gasteiger partial charge on any atom is 0.254 e. The van der Waals surface area contributed by atoms with Crippen LogP contribution in [-0.2, 0) is 13.1 Å². The summed E-state index contributed by atoms with van der Waals surface area (Å²) in [5.41, 5.74) is 5.98. The SMILES string of the molecule is Cc1ccc(CN2CCSc3ccc(C(=O)N4CC[NH+](Cc5ccccc5)CC4)cc32)cc1. The molecule has 0 radical (unpaired) electrons. The molecule has 5 heteroatoms. The fourth-order valence-electron chi connectivity index (χ4n) is 4.75. The van der Waals surface area contributed by atoms with Gasteiger partial charge < -0.3 is 14.7 Å². The molecule has 2 aliphatic rings. The highest BCUT2D eigenvalue weighted by atomic mass is 32.2. The van der Waals surface area contributed by atoms with Gasteiger partial charge in [-0.2, -0.15) is 0 Å². The number of rotatable bonds is 5. The second-order valence-corrected chi connectivity index (χ2v) is 10.3. The summed E-state index contributed by atoms with van der Waals surface area (Å²) >= 11 is 1.89.